The van der Waals surface area contributed by atoms with Gasteiger partial charge in [0.2, 0.25) is 0 Å². The van der Waals surface area contributed by atoms with Crippen LogP contribution in [0.5, 0.6) is 0 Å². The van der Waals surface area contributed by atoms with Crippen molar-refractivity contribution in [3.05, 3.63) is 46.5 Å². The summed E-state index contributed by atoms with van der Waals surface area (Å²) in [6.07, 6.45) is 9.23. The van der Waals surface area contributed by atoms with E-state index in [9.17, 15) is 0 Å². The second kappa shape index (κ2) is 5.61. The minimum Gasteiger partial charge on any atom is -0.114 e. The van der Waals surface area contributed by atoms with Crippen molar-refractivity contribution in [2.45, 2.75) is 12.8 Å². The maximum atomic E-state index is 5.19. The van der Waals surface area contributed by atoms with Crippen LogP contribution in [0.3, 0.4) is 0 Å². The minimum atomic E-state index is 0.837. The number of halogens is 1. The number of benzene rings is 1. The van der Waals surface area contributed by atoms with Crippen LogP contribution in [0.1, 0.15) is 12.0 Å². The molecule has 0 radical (unpaired) electrons. The molecule has 0 saturated heterocycles. The first-order valence-electron chi connectivity index (χ1n) is 4.19. The van der Waals surface area contributed by atoms with Crippen LogP contribution in [-0.4, -0.2) is 0 Å². The van der Waals surface area contributed by atoms with E-state index in [1.807, 2.05) is 12.1 Å². The highest BCUT2D eigenvalue weighted by molar-refractivity contribution is 9.12. The average molecular weight is 235 g/mol. The molecule has 0 aliphatic rings. The quantitative estimate of drug-likeness (QED) is 0.703. The van der Waals surface area contributed by atoms with Crippen LogP contribution in [0.15, 0.2) is 40.9 Å². The lowest BCUT2D eigenvalue weighted by molar-refractivity contribution is 1.00. The standard InChI is InChI=1S/C12H11Br/c1-2-12(13)10-6-9-11-7-4-3-5-8-11/h1,3-5,7-8,10H,6,9H2/b12-10-. The van der Waals surface area contributed by atoms with E-state index in [1.54, 1.807) is 0 Å². The summed E-state index contributed by atoms with van der Waals surface area (Å²) in [7, 11) is 0. The van der Waals surface area contributed by atoms with Crippen LogP contribution >= 0.6 is 15.9 Å². The van der Waals surface area contributed by atoms with Crippen molar-refractivity contribution in [1.82, 2.24) is 0 Å². The molecule has 0 fully saturated rings. The molecule has 0 aliphatic heterocycles. The summed E-state index contributed by atoms with van der Waals surface area (Å²) < 4.78 is 0.837. The Morgan fingerprint density at radius 1 is 1.38 bits per heavy atom. The first-order chi connectivity index (χ1) is 6.33. The lowest BCUT2D eigenvalue weighted by Gasteiger charge is -1.96. The highest BCUT2D eigenvalue weighted by atomic mass is 79.9. The van der Waals surface area contributed by atoms with E-state index in [-0.39, 0.29) is 0 Å². The van der Waals surface area contributed by atoms with E-state index in [4.69, 9.17) is 6.42 Å². The second-order valence-electron chi connectivity index (χ2n) is 2.72. The van der Waals surface area contributed by atoms with E-state index in [0.717, 1.165) is 17.3 Å². The third-order valence-electron chi connectivity index (χ3n) is 1.74. The van der Waals surface area contributed by atoms with Gasteiger partial charge < -0.3 is 0 Å². The molecule has 0 aliphatic carbocycles. The molecule has 1 aromatic rings. The predicted molar refractivity (Wildman–Crippen MR) is 60.6 cm³/mol. The molecule has 0 nitrogen and oxygen atoms in total. The number of hydrogen-bond acceptors (Lipinski definition) is 0. The van der Waals surface area contributed by atoms with Gasteiger partial charge in [0, 0.05) is 0 Å². The Kier molecular flexibility index (Phi) is 4.35. The normalized spacial score (nSPS) is 10.9. The van der Waals surface area contributed by atoms with Gasteiger partial charge in [-0.25, -0.2) is 0 Å². The zero-order valence-corrected chi connectivity index (χ0v) is 8.92. The summed E-state index contributed by atoms with van der Waals surface area (Å²) >= 11 is 3.28. The topological polar surface area (TPSA) is 0 Å². The summed E-state index contributed by atoms with van der Waals surface area (Å²) in [5, 5.41) is 0. The lowest BCUT2D eigenvalue weighted by atomic mass is 10.1. The number of aryl methyl sites for hydroxylation is 1. The highest BCUT2D eigenvalue weighted by Gasteiger charge is 1.89. The molecule has 1 heteroatoms. The molecule has 0 saturated carbocycles. The predicted octanol–water partition coefficient (Wildman–Crippen LogP) is 3.53. The molecule has 0 atom stereocenters. The summed E-state index contributed by atoms with van der Waals surface area (Å²) in [6, 6.07) is 10.4. The van der Waals surface area contributed by atoms with Crippen LogP contribution in [0.4, 0.5) is 0 Å². The third kappa shape index (κ3) is 3.96. The van der Waals surface area contributed by atoms with Crippen molar-refractivity contribution >= 4 is 15.9 Å². The van der Waals surface area contributed by atoms with Crippen molar-refractivity contribution in [2.24, 2.45) is 0 Å². The third-order valence-corrected chi connectivity index (χ3v) is 2.29. The van der Waals surface area contributed by atoms with E-state index in [0.29, 0.717) is 0 Å². The SMILES string of the molecule is C#C/C(Br)=C/CCc1ccccc1. The van der Waals surface area contributed by atoms with Crippen molar-refractivity contribution < 1.29 is 0 Å². The fourth-order valence-corrected chi connectivity index (χ4v) is 1.30. The van der Waals surface area contributed by atoms with Crippen molar-refractivity contribution in [3.8, 4) is 12.3 Å². The molecule has 0 spiro atoms. The summed E-state index contributed by atoms with van der Waals surface area (Å²) in [4.78, 5) is 0. The van der Waals surface area contributed by atoms with Gasteiger partial charge in [-0.05, 0) is 34.3 Å². The molecule has 1 aromatic carbocycles. The Morgan fingerprint density at radius 2 is 2.08 bits per heavy atom. The Bertz CT molecular complexity index is 317. The van der Waals surface area contributed by atoms with Gasteiger partial charge in [-0.1, -0.05) is 42.3 Å². The van der Waals surface area contributed by atoms with Crippen LogP contribution in [0.25, 0.3) is 0 Å². The minimum absolute atomic E-state index is 0.837. The smallest absolute Gasteiger partial charge is 0.0631 e. The largest absolute Gasteiger partial charge is 0.114 e. The van der Waals surface area contributed by atoms with Gasteiger partial charge in [0.1, 0.15) is 0 Å². The zero-order valence-electron chi connectivity index (χ0n) is 7.33. The number of hydrogen-bond donors (Lipinski definition) is 0. The summed E-state index contributed by atoms with van der Waals surface area (Å²) in [5.74, 6) is 2.53. The van der Waals surface area contributed by atoms with Gasteiger partial charge in [0.25, 0.3) is 0 Å². The van der Waals surface area contributed by atoms with Crippen LogP contribution in [0, 0.1) is 12.3 Å². The van der Waals surface area contributed by atoms with Gasteiger partial charge >= 0.3 is 0 Å². The Hall–Kier alpha value is -1.00. The highest BCUT2D eigenvalue weighted by Crippen LogP contribution is 2.07. The van der Waals surface area contributed by atoms with E-state index in [2.05, 4.69) is 46.1 Å². The Morgan fingerprint density at radius 3 is 2.69 bits per heavy atom. The lowest BCUT2D eigenvalue weighted by Crippen LogP contribution is -1.81. The van der Waals surface area contributed by atoms with Crippen LogP contribution in [0.2, 0.25) is 0 Å². The van der Waals surface area contributed by atoms with Crippen molar-refractivity contribution in [1.29, 1.82) is 0 Å². The van der Waals surface area contributed by atoms with Gasteiger partial charge in [0.05, 0.1) is 4.48 Å². The molecular weight excluding hydrogens is 224 g/mol. The fourth-order valence-electron chi connectivity index (χ4n) is 1.07. The maximum absolute atomic E-state index is 5.19. The first kappa shape index (κ1) is 10.1. The zero-order chi connectivity index (χ0) is 9.52. The van der Waals surface area contributed by atoms with Gasteiger partial charge in [-0.3, -0.25) is 0 Å². The molecule has 0 unspecified atom stereocenters. The van der Waals surface area contributed by atoms with Gasteiger partial charge in [0.15, 0.2) is 0 Å². The van der Waals surface area contributed by atoms with E-state index < -0.39 is 0 Å². The summed E-state index contributed by atoms with van der Waals surface area (Å²) in [6.45, 7) is 0. The van der Waals surface area contributed by atoms with Crippen molar-refractivity contribution in [3.63, 3.8) is 0 Å². The van der Waals surface area contributed by atoms with Gasteiger partial charge in [-0.2, -0.15) is 0 Å². The molecule has 0 heterocycles. The molecule has 0 N–H and O–H groups in total. The number of rotatable bonds is 3. The van der Waals surface area contributed by atoms with Crippen molar-refractivity contribution in [2.75, 3.05) is 0 Å². The van der Waals surface area contributed by atoms with Gasteiger partial charge in [-0.15, -0.1) is 6.42 Å². The molecule has 0 aromatic heterocycles. The van der Waals surface area contributed by atoms with Crippen LogP contribution < -0.4 is 0 Å². The summed E-state index contributed by atoms with van der Waals surface area (Å²) in [5.41, 5.74) is 1.34. The van der Waals surface area contributed by atoms with Crippen LogP contribution in [-0.2, 0) is 6.42 Å². The average Bonchev–Trinajstić information content (AvgIpc) is 2.19. The molecule has 1 rings (SSSR count). The molecule has 13 heavy (non-hydrogen) atoms. The van der Waals surface area contributed by atoms with E-state index >= 15 is 0 Å². The first-order valence-corrected chi connectivity index (χ1v) is 4.98. The second-order valence-corrected chi connectivity index (χ2v) is 3.58. The van der Waals surface area contributed by atoms with E-state index in [1.165, 1.54) is 5.56 Å². The molecular formula is C12H11Br. The maximum Gasteiger partial charge on any atom is 0.0631 e. The molecule has 0 bridgehead atoms. The Balaban J connectivity index is 2.41. The molecule has 0 amide bonds. The monoisotopic (exact) mass is 234 g/mol. The Labute approximate surface area is 87.8 Å². The fraction of sp³-hybridized carbons (Fsp3) is 0.167. The molecule has 66 valence electrons. The number of terminal acetylenes is 1. The number of allylic oxidation sites excluding steroid dienone is 2.